The van der Waals surface area contributed by atoms with Gasteiger partial charge in [-0.1, -0.05) is 18.2 Å². The lowest BCUT2D eigenvalue weighted by Crippen LogP contribution is -2.48. The van der Waals surface area contributed by atoms with Crippen molar-refractivity contribution in [2.24, 2.45) is 0 Å². The first kappa shape index (κ1) is 13.8. The Kier molecular flexibility index (Phi) is 3.24. The van der Waals surface area contributed by atoms with Crippen molar-refractivity contribution in [1.29, 1.82) is 0 Å². The van der Waals surface area contributed by atoms with Crippen LogP contribution in [0.15, 0.2) is 48.8 Å². The van der Waals surface area contributed by atoms with E-state index in [1.54, 1.807) is 19.5 Å². The zero-order chi connectivity index (χ0) is 15.8. The van der Waals surface area contributed by atoms with E-state index in [2.05, 4.69) is 26.8 Å². The molecule has 6 nitrogen and oxygen atoms in total. The summed E-state index contributed by atoms with van der Waals surface area (Å²) in [6.45, 7) is 0.662. The molecule has 6 heteroatoms. The molecule has 1 unspecified atom stereocenters. The fourth-order valence-electron chi connectivity index (χ4n) is 3.17. The standard InChI is InChI=1S/C17H16N4O2/c1-23-20-14-7-9-21-15-12(14)5-2-6-13(15)17(22)19-16(21)11-4-3-8-18-10-11/h2-8,10,16,20H,9H2,1H3,(H,19,22). The summed E-state index contributed by atoms with van der Waals surface area (Å²) in [6.07, 6.45) is 5.33. The first-order chi connectivity index (χ1) is 11.3. The van der Waals surface area contributed by atoms with Gasteiger partial charge < -0.3 is 10.2 Å². The van der Waals surface area contributed by atoms with Gasteiger partial charge in [0, 0.05) is 30.1 Å². The molecule has 23 heavy (non-hydrogen) atoms. The third-order valence-corrected chi connectivity index (χ3v) is 4.14. The second-order valence-electron chi connectivity index (χ2n) is 5.44. The van der Waals surface area contributed by atoms with E-state index >= 15 is 0 Å². The number of amides is 1. The predicted octanol–water partition coefficient (Wildman–Crippen LogP) is 1.84. The quantitative estimate of drug-likeness (QED) is 0.847. The molecule has 2 aliphatic heterocycles. The highest BCUT2D eigenvalue weighted by Gasteiger charge is 2.35. The summed E-state index contributed by atoms with van der Waals surface area (Å²) < 4.78 is 0. The van der Waals surface area contributed by atoms with E-state index in [9.17, 15) is 4.79 Å². The van der Waals surface area contributed by atoms with Crippen LogP contribution in [0.5, 0.6) is 0 Å². The number of aromatic nitrogens is 1. The van der Waals surface area contributed by atoms with Crippen molar-refractivity contribution in [2.75, 3.05) is 18.6 Å². The average Bonchev–Trinajstić information content (AvgIpc) is 2.60. The summed E-state index contributed by atoms with van der Waals surface area (Å²) >= 11 is 0. The lowest BCUT2D eigenvalue weighted by atomic mass is 9.95. The van der Waals surface area contributed by atoms with Gasteiger partial charge in [0.05, 0.1) is 24.1 Å². The van der Waals surface area contributed by atoms with Crippen molar-refractivity contribution >= 4 is 17.3 Å². The van der Waals surface area contributed by atoms with E-state index in [0.717, 1.165) is 22.5 Å². The maximum Gasteiger partial charge on any atom is 0.255 e. The monoisotopic (exact) mass is 308 g/mol. The number of benzene rings is 1. The van der Waals surface area contributed by atoms with Crippen molar-refractivity contribution in [3.63, 3.8) is 0 Å². The van der Waals surface area contributed by atoms with Gasteiger partial charge in [-0.2, -0.15) is 0 Å². The number of para-hydroxylation sites is 1. The van der Waals surface area contributed by atoms with Crippen LogP contribution in [0.4, 0.5) is 5.69 Å². The molecule has 0 aliphatic carbocycles. The minimum absolute atomic E-state index is 0.0781. The minimum atomic E-state index is -0.231. The van der Waals surface area contributed by atoms with Crippen LogP contribution in [0.1, 0.15) is 27.7 Å². The maximum atomic E-state index is 12.5. The second kappa shape index (κ2) is 5.40. The lowest BCUT2D eigenvalue weighted by molar-refractivity contribution is 0.0926. The van der Waals surface area contributed by atoms with Crippen molar-refractivity contribution < 1.29 is 9.63 Å². The Morgan fingerprint density at radius 2 is 2.17 bits per heavy atom. The predicted molar refractivity (Wildman–Crippen MR) is 86.4 cm³/mol. The van der Waals surface area contributed by atoms with Gasteiger partial charge in [-0.25, -0.2) is 0 Å². The molecule has 116 valence electrons. The van der Waals surface area contributed by atoms with Gasteiger partial charge in [0.1, 0.15) is 6.17 Å². The molecule has 1 atom stereocenters. The van der Waals surface area contributed by atoms with Crippen LogP contribution in [0.2, 0.25) is 0 Å². The Morgan fingerprint density at radius 1 is 1.30 bits per heavy atom. The van der Waals surface area contributed by atoms with E-state index in [-0.39, 0.29) is 12.1 Å². The van der Waals surface area contributed by atoms with Gasteiger partial charge in [0.25, 0.3) is 5.91 Å². The number of hydrogen-bond acceptors (Lipinski definition) is 5. The molecule has 0 saturated carbocycles. The topological polar surface area (TPSA) is 66.5 Å². The van der Waals surface area contributed by atoms with Crippen LogP contribution in [0.3, 0.4) is 0 Å². The lowest BCUT2D eigenvalue weighted by Gasteiger charge is -2.42. The molecular weight excluding hydrogens is 292 g/mol. The fourth-order valence-corrected chi connectivity index (χ4v) is 3.17. The highest BCUT2D eigenvalue weighted by molar-refractivity contribution is 6.05. The van der Waals surface area contributed by atoms with Gasteiger partial charge in [-0.3, -0.25) is 20.1 Å². The van der Waals surface area contributed by atoms with E-state index in [1.807, 2.05) is 30.3 Å². The number of pyridine rings is 1. The summed E-state index contributed by atoms with van der Waals surface area (Å²) in [5.41, 5.74) is 7.28. The van der Waals surface area contributed by atoms with Crippen LogP contribution in [-0.2, 0) is 4.84 Å². The molecule has 2 aliphatic rings. The normalized spacial score (nSPS) is 18.8. The molecule has 2 N–H and O–H groups in total. The molecule has 3 heterocycles. The highest BCUT2D eigenvalue weighted by Crippen LogP contribution is 2.40. The third-order valence-electron chi connectivity index (χ3n) is 4.14. The van der Waals surface area contributed by atoms with E-state index in [0.29, 0.717) is 12.1 Å². The molecule has 4 rings (SSSR count). The number of hydroxylamine groups is 1. The smallest absolute Gasteiger partial charge is 0.255 e. The maximum absolute atomic E-state index is 12.5. The minimum Gasteiger partial charge on any atom is -0.342 e. The van der Waals surface area contributed by atoms with Crippen LogP contribution in [-0.4, -0.2) is 24.5 Å². The van der Waals surface area contributed by atoms with Gasteiger partial charge in [0.2, 0.25) is 0 Å². The molecule has 1 aromatic heterocycles. The van der Waals surface area contributed by atoms with Crippen LogP contribution in [0.25, 0.3) is 5.70 Å². The van der Waals surface area contributed by atoms with Crippen LogP contribution in [0, 0.1) is 0 Å². The summed E-state index contributed by atoms with van der Waals surface area (Å²) in [5.74, 6) is -0.0781. The third kappa shape index (κ3) is 2.15. The molecule has 0 saturated heterocycles. The van der Waals surface area contributed by atoms with Crippen molar-refractivity contribution in [2.45, 2.75) is 6.17 Å². The number of rotatable bonds is 3. The van der Waals surface area contributed by atoms with Crippen LogP contribution >= 0.6 is 0 Å². The molecule has 0 fully saturated rings. The fraction of sp³-hybridized carbons (Fsp3) is 0.176. The number of nitrogens with one attached hydrogen (secondary N) is 2. The first-order valence-corrected chi connectivity index (χ1v) is 7.39. The van der Waals surface area contributed by atoms with Crippen molar-refractivity contribution in [1.82, 2.24) is 15.8 Å². The molecule has 1 aromatic carbocycles. The number of hydrogen-bond donors (Lipinski definition) is 2. The Hall–Kier alpha value is -2.86. The number of anilines is 1. The molecule has 0 bridgehead atoms. The largest absolute Gasteiger partial charge is 0.342 e. The SMILES string of the molecule is CONC1=CCN2c3c(cccc31)C(=O)NC2c1cccnc1. The van der Waals surface area contributed by atoms with E-state index < -0.39 is 0 Å². The number of nitrogens with zero attached hydrogens (tertiary/aromatic N) is 2. The van der Waals surface area contributed by atoms with Crippen LogP contribution < -0.4 is 15.7 Å². The molecular formula is C17H16N4O2. The average molecular weight is 308 g/mol. The molecule has 0 radical (unpaired) electrons. The highest BCUT2D eigenvalue weighted by atomic mass is 16.6. The Morgan fingerprint density at radius 3 is 2.96 bits per heavy atom. The summed E-state index contributed by atoms with van der Waals surface area (Å²) in [7, 11) is 1.58. The Balaban J connectivity index is 1.85. The number of carbonyl (C=O) groups is 1. The number of carbonyl (C=O) groups excluding carboxylic acids is 1. The zero-order valence-corrected chi connectivity index (χ0v) is 12.6. The first-order valence-electron chi connectivity index (χ1n) is 7.39. The zero-order valence-electron chi connectivity index (χ0n) is 12.6. The molecule has 0 spiro atoms. The second-order valence-corrected chi connectivity index (χ2v) is 5.44. The van der Waals surface area contributed by atoms with E-state index in [1.165, 1.54) is 0 Å². The Bertz CT molecular complexity index is 788. The summed E-state index contributed by atoms with van der Waals surface area (Å²) in [5, 5.41) is 3.06. The summed E-state index contributed by atoms with van der Waals surface area (Å²) in [4.78, 5) is 23.9. The van der Waals surface area contributed by atoms with Gasteiger partial charge >= 0.3 is 0 Å². The molecule has 1 amide bonds. The van der Waals surface area contributed by atoms with Crippen molar-refractivity contribution in [3.8, 4) is 0 Å². The summed E-state index contributed by atoms with van der Waals surface area (Å²) in [6, 6.07) is 9.56. The Labute approximate surface area is 133 Å². The van der Waals surface area contributed by atoms with Gasteiger partial charge in [-0.15, -0.1) is 0 Å². The van der Waals surface area contributed by atoms with Crippen molar-refractivity contribution in [3.05, 3.63) is 65.5 Å². The van der Waals surface area contributed by atoms with Gasteiger partial charge in [0.15, 0.2) is 0 Å². The van der Waals surface area contributed by atoms with E-state index in [4.69, 9.17) is 4.84 Å². The van der Waals surface area contributed by atoms with Gasteiger partial charge in [-0.05, 0) is 18.2 Å². The molecule has 2 aromatic rings.